The average molecular weight is 389 g/mol. The Kier molecular flexibility index (Phi) is 10.2. The second-order valence-electron chi connectivity index (χ2n) is 6.74. The van der Waals surface area contributed by atoms with Gasteiger partial charge < -0.3 is 15.5 Å². The van der Waals surface area contributed by atoms with E-state index in [0.717, 1.165) is 44.0 Å². The number of hydrogen-bond acceptors (Lipinski definition) is 4. The Bertz CT molecular complexity index is 518. The Balaban J connectivity index is 0.00000156. The molecule has 2 N–H and O–H groups in total. The van der Waals surface area contributed by atoms with Crippen molar-refractivity contribution in [2.75, 3.05) is 31.1 Å². The number of aromatic nitrogens is 1. The van der Waals surface area contributed by atoms with E-state index in [4.69, 9.17) is 0 Å². The predicted octanol–water partition coefficient (Wildman–Crippen LogP) is 2.92. The summed E-state index contributed by atoms with van der Waals surface area (Å²) in [5.74, 6) is 1.88. The summed E-state index contributed by atoms with van der Waals surface area (Å²) in [6, 6.07) is 4.11. The van der Waals surface area contributed by atoms with Crippen molar-refractivity contribution in [3.8, 4) is 0 Å². The van der Waals surface area contributed by atoms with Gasteiger partial charge in [0.2, 0.25) is 5.91 Å². The van der Waals surface area contributed by atoms with Gasteiger partial charge in [0.25, 0.3) is 0 Å². The molecule has 0 aromatic carbocycles. The van der Waals surface area contributed by atoms with Crippen molar-refractivity contribution in [3.63, 3.8) is 0 Å². The third kappa shape index (κ3) is 7.00. The van der Waals surface area contributed by atoms with Crippen molar-refractivity contribution < 1.29 is 4.79 Å². The second-order valence-corrected chi connectivity index (χ2v) is 6.74. The lowest BCUT2D eigenvalue weighted by molar-refractivity contribution is -0.121. The molecule has 1 atom stereocenters. The molecular weight excluding hydrogens is 359 g/mol. The zero-order valence-corrected chi connectivity index (χ0v) is 16.3. The first-order valence-corrected chi connectivity index (χ1v) is 8.98. The van der Waals surface area contributed by atoms with Gasteiger partial charge in [0.1, 0.15) is 5.82 Å². The largest absolute Gasteiger partial charge is 0.357 e. The van der Waals surface area contributed by atoms with Gasteiger partial charge in [-0.25, -0.2) is 4.98 Å². The number of rotatable bonds is 6. The molecule has 1 aromatic heterocycles. The van der Waals surface area contributed by atoms with Crippen LogP contribution >= 0.6 is 24.8 Å². The van der Waals surface area contributed by atoms with E-state index in [0.29, 0.717) is 18.9 Å². The predicted molar refractivity (Wildman–Crippen MR) is 107 cm³/mol. The zero-order chi connectivity index (χ0) is 15.9. The molecule has 7 heteroatoms. The molecule has 2 aliphatic rings. The first-order valence-electron chi connectivity index (χ1n) is 8.98. The van der Waals surface area contributed by atoms with E-state index in [1.807, 2.05) is 12.3 Å². The van der Waals surface area contributed by atoms with Crippen LogP contribution in [0, 0.1) is 5.92 Å². The number of nitrogens with one attached hydrogen (secondary N) is 2. The van der Waals surface area contributed by atoms with Crippen molar-refractivity contribution in [1.29, 1.82) is 0 Å². The molecule has 5 nitrogen and oxygen atoms in total. The van der Waals surface area contributed by atoms with Crippen molar-refractivity contribution >= 4 is 36.5 Å². The molecule has 3 heterocycles. The minimum atomic E-state index is 0. The van der Waals surface area contributed by atoms with Crippen molar-refractivity contribution in [2.24, 2.45) is 5.92 Å². The van der Waals surface area contributed by atoms with E-state index >= 15 is 0 Å². The van der Waals surface area contributed by atoms with E-state index in [2.05, 4.69) is 26.6 Å². The maximum atomic E-state index is 12.0. The number of halogens is 2. The molecular formula is C18H30Cl2N4O. The van der Waals surface area contributed by atoms with Crippen LogP contribution in [0.5, 0.6) is 0 Å². The number of pyridine rings is 1. The number of carbonyl (C=O) groups is 1. The highest BCUT2D eigenvalue weighted by molar-refractivity contribution is 5.85. The maximum Gasteiger partial charge on any atom is 0.220 e. The Morgan fingerprint density at radius 3 is 2.80 bits per heavy atom. The molecule has 1 amide bonds. The molecule has 0 radical (unpaired) electrons. The normalized spacial score (nSPS) is 19.7. The van der Waals surface area contributed by atoms with Crippen LogP contribution in [0.3, 0.4) is 0 Å². The third-order valence-electron chi connectivity index (χ3n) is 4.92. The number of anilines is 1. The molecule has 0 saturated carbocycles. The van der Waals surface area contributed by atoms with Crippen LogP contribution in [0.25, 0.3) is 0 Å². The Morgan fingerprint density at radius 1 is 1.28 bits per heavy atom. The molecule has 142 valence electrons. The van der Waals surface area contributed by atoms with Gasteiger partial charge >= 0.3 is 0 Å². The zero-order valence-electron chi connectivity index (χ0n) is 14.7. The lowest BCUT2D eigenvalue weighted by atomic mass is 10.0. The van der Waals surface area contributed by atoms with Crippen molar-refractivity contribution in [2.45, 2.75) is 45.1 Å². The van der Waals surface area contributed by atoms with Crippen LogP contribution in [-0.4, -0.2) is 37.1 Å². The van der Waals surface area contributed by atoms with Gasteiger partial charge in [0.05, 0.1) is 0 Å². The molecule has 2 saturated heterocycles. The average Bonchev–Trinajstić information content (AvgIpc) is 3.13. The lowest BCUT2D eigenvalue weighted by Gasteiger charge is -2.27. The van der Waals surface area contributed by atoms with E-state index in [1.165, 1.54) is 25.7 Å². The van der Waals surface area contributed by atoms with Crippen LogP contribution in [0.1, 0.15) is 44.1 Å². The SMILES string of the molecule is Cl.Cl.O=C(CCC1CCNC1)NCc1ccnc(N2CCCCC2)c1. The first-order chi connectivity index (χ1) is 11.3. The highest BCUT2D eigenvalue weighted by Gasteiger charge is 2.16. The fraction of sp³-hybridized carbons (Fsp3) is 0.667. The summed E-state index contributed by atoms with van der Waals surface area (Å²) in [4.78, 5) is 18.8. The Labute approximate surface area is 163 Å². The molecule has 1 unspecified atom stereocenters. The number of hydrogen-bond donors (Lipinski definition) is 2. The van der Waals surface area contributed by atoms with Crippen LogP contribution in [0.4, 0.5) is 5.82 Å². The third-order valence-corrected chi connectivity index (χ3v) is 4.92. The molecule has 25 heavy (non-hydrogen) atoms. The summed E-state index contributed by atoms with van der Waals surface area (Å²) in [6.07, 6.45) is 8.51. The van der Waals surface area contributed by atoms with E-state index in [9.17, 15) is 4.79 Å². The summed E-state index contributed by atoms with van der Waals surface area (Å²) < 4.78 is 0. The number of nitrogens with zero attached hydrogens (tertiary/aromatic N) is 2. The molecule has 0 bridgehead atoms. The number of carbonyl (C=O) groups excluding carboxylic acids is 1. The smallest absolute Gasteiger partial charge is 0.220 e. The molecule has 3 rings (SSSR count). The van der Waals surface area contributed by atoms with E-state index < -0.39 is 0 Å². The van der Waals surface area contributed by atoms with Crippen molar-refractivity contribution in [1.82, 2.24) is 15.6 Å². The molecule has 1 aromatic rings. The van der Waals surface area contributed by atoms with Crippen molar-refractivity contribution in [3.05, 3.63) is 23.9 Å². The van der Waals surface area contributed by atoms with Gasteiger partial charge in [-0.2, -0.15) is 0 Å². The molecule has 0 spiro atoms. The highest BCUT2D eigenvalue weighted by atomic mass is 35.5. The fourth-order valence-electron chi connectivity index (χ4n) is 3.45. The van der Waals surface area contributed by atoms with Gasteiger partial charge in [0.15, 0.2) is 0 Å². The summed E-state index contributed by atoms with van der Waals surface area (Å²) in [7, 11) is 0. The topological polar surface area (TPSA) is 57.3 Å². The van der Waals surface area contributed by atoms with Gasteiger partial charge in [0, 0.05) is 32.3 Å². The van der Waals surface area contributed by atoms with Crippen LogP contribution in [0.2, 0.25) is 0 Å². The highest BCUT2D eigenvalue weighted by Crippen LogP contribution is 2.18. The molecule has 2 fully saturated rings. The van der Waals surface area contributed by atoms with Crippen LogP contribution in [0.15, 0.2) is 18.3 Å². The van der Waals surface area contributed by atoms with Crippen LogP contribution < -0.4 is 15.5 Å². The van der Waals surface area contributed by atoms with Gasteiger partial charge in [-0.3, -0.25) is 4.79 Å². The fourth-order valence-corrected chi connectivity index (χ4v) is 3.45. The maximum absolute atomic E-state index is 12.0. The number of piperidine rings is 1. The number of amides is 1. The summed E-state index contributed by atoms with van der Waals surface area (Å²) in [5.41, 5.74) is 1.14. The summed E-state index contributed by atoms with van der Waals surface area (Å²) >= 11 is 0. The Morgan fingerprint density at radius 2 is 2.08 bits per heavy atom. The second kappa shape index (κ2) is 11.6. The lowest BCUT2D eigenvalue weighted by Crippen LogP contribution is -2.30. The molecule has 2 aliphatic heterocycles. The standard InChI is InChI=1S/C18H28N4O.2ClH/c23-18(5-4-15-6-8-19-13-15)21-14-16-7-9-20-17(12-16)22-10-2-1-3-11-22;;/h7,9,12,15,19H,1-6,8,10-11,13-14H2,(H,21,23);2*1H. The summed E-state index contributed by atoms with van der Waals surface area (Å²) in [5, 5.41) is 6.40. The van der Waals surface area contributed by atoms with Crippen LogP contribution in [-0.2, 0) is 11.3 Å². The Hall–Kier alpha value is -1.04. The van der Waals surface area contributed by atoms with Gasteiger partial charge in [-0.1, -0.05) is 0 Å². The van der Waals surface area contributed by atoms with E-state index in [1.54, 1.807) is 0 Å². The minimum Gasteiger partial charge on any atom is -0.357 e. The van der Waals surface area contributed by atoms with Gasteiger partial charge in [-0.15, -0.1) is 24.8 Å². The summed E-state index contributed by atoms with van der Waals surface area (Å²) in [6.45, 7) is 4.96. The monoisotopic (exact) mass is 388 g/mol. The quantitative estimate of drug-likeness (QED) is 0.786. The van der Waals surface area contributed by atoms with E-state index in [-0.39, 0.29) is 30.7 Å². The minimum absolute atomic E-state index is 0. The van der Waals surface area contributed by atoms with Gasteiger partial charge in [-0.05, 0) is 68.8 Å². The first kappa shape index (κ1) is 22.0. The molecule has 0 aliphatic carbocycles.